The number of hydrogen-bond acceptors (Lipinski definition) is 3. The first-order valence-electron chi connectivity index (χ1n) is 7.92. The van der Waals surface area contributed by atoms with E-state index in [1.807, 2.05) is 12.1 Å². The van der Waals surface area contributed by atoms with Crippen LogP contribution in [0.3, 0.4) is 0 Å². The number of carbonyl (C=O) groups is 2. The molecule has 2 heterocycles. The summed E-state index contributed by atoms with van der Waals surface area (Å²) in [6, 6.07) is 8.64. The molecule has 1 aromatic rings. The molecular weight excluding hydrogens is 300 g/mol. The lowest BCUT2D eigenvalue weighted by Gasteiger charge is -2.35. The molecular formula is C17H21ClN2O2. The third-order valence-corrected chi connectivity index (χ3v) is 5.05. The predicted octanol–water partition coefficient (Wildman–Crippen LogP) is 3.18. The van der Waals surface area contributed by atoms with E-state index in [-0.39, 0.29) is 18.2 Å². The molecule has 0 aromatic heterocycles. The maximum Gasteiger partial charge on any atom is 0.227 e. The van der Waals surface area contributed by atoms with Gasteiger partial charge in [0.05, 0.1) is 5.92 Å². The van der Waals surface area contributed by atoms with E-state index in [4.69, 9.17) is 11.6 Å². The molecule has 0 bridgehead atoms. The normalized spacial score (nSPS) is 25.6. The zero-order valence-electron chi connectivity index (χ0n) is 12.8. The summed E-state index contributed by atoms with van der Waals surface area (Å²) in [7, 11) is 0. The molecule has 5 heteroatoms. The molecule has 22 heavy (non-hydrogen) atoms. The van der Waals surface area contributed by atoms with Gasteiger partial charge in [0.25, 0.3) is 0 Å². The summed E-state index contributed by atoms with van der Waals surface area (Å²) in [5.74, 6) is -0.408. The number of piperidine rings is 1. The first-order valence-corrected chi connectivity index (χ1v) is 8.30. The lowest BCUT2D eigenvalue weighted by molar-refractivity contribution is -0.120. The lowest BCUT2D eigenvalue weighted by Crippen LogP contribution is -2.37. The third kappa shape index (κ3) is 2.98. The summed E-state index contributed by atoms with van der Waals surface area (Å²) in [5, 5.41) is -0.422. The van der Waals surface area contributed by atoms with Crippen molar-refractivity contribution in [3.05, 3.63) is 24.3 Å². The topological polar surface area (TPSA) is 40.6 Å². The van der Waals surface area contributed by atoms with Crippen molar-refractivity contribution in [2.45, 2.75) is 38.6 Å². The van der Waals surface area contributed by atoms with E-state index in [0.717, 1.165) is 12.2 Å². The van der Waals surface area contributed by atoms with Crippen molar-refractivity contribution in [1.82, 2.24) is 0 Å². The Labute approximate surface area is 136 Å². The molecule has 2 fully saturated rings. The van der Waals surface area contributed by atoms with E-state index in [1.54, 1.807) is 4.90 Å². The Bertz CT molecular complexity index is 573. The highest BCUT2D eigenvalue weighted by Crippen LogP contribution is 2.30. The molecule has 2 unspecified atom stereocenters. The minimum Gasteiger partial charge on any atom is -0.369 e. The van der Waals surface area contributed by atoms with Crippen molar-refractivity contribution >= 4 is 34.1 Å². The SMILES string of the molecule is CC1CCCCN1c1ccc(N2CC(C(=O)Cl)CC2=O)cc1. The van der Waals surface area contributed by atoms with Crippen LogP contribution in [0, 0.1) is 5.92 Å². The Hall–Kier alpha value is -1.55. The summed E-state index contributed by atoms with van der Waals surface area (Å²) in [6.45, 7) is 3.74. The van der Waals surface area contributed by atoms with Crippen molar-refractivity contribution in [2.24, 2.45) is 5.92 Å². The second kappa shape index (κ2) is 6.29. The highest BCUT2D eigenvalue weighted by molar-refractivity contribution is 6.64. The van der Waals surface area contributed by atoms with Gasteiger partial charge in [0, 0.05) is 36.9 Å². The van der Waals surface area contributed by atoms with Crippen molar-refractivity contribution in [3.63, 3.8) is 0 Å². The molecule has 1 aromatic carbocycles. The highest BCUT2D eigenvalue weighted by atomic mass is 35.5. The van der Waals surface area contributed by atoms with E-state index < -0.39 is 5.24 Å². The van der Waals surface area contributed by atoms with Crippen LogP contribution in [-0.2, 0) is 9.59 Å². The van der Waals surface area contributed by atoms with Crippen molar-refractivity contribution < 1.29 is 9.59 Å². The van der Waals surface area contributed by atoms with Crippen LogP contribution < -0.4 is 9.80 Å². The second-order valence-corrected chi connectivity index (χ2v) is 6.64. The summed E-state index contributed by atoms with van der Waals surface area (Å²) in [6.07, 6.45) is 3.97. The molecule has 4 nitrogen and oxygen atoms in total. The van der Waals surface area contributed by atoms with E-state index in [0.29, 0.717) is 12.6 Å². The molecule has 0 aliphatic carbocycles. The second-order valence-electron chi connectivity index (χ2n) is 6.26. The molecule has 2 atom stereocenters. The van der Waals surface area contributed by atoms with Crippen LogP contribution in [0.15, 0.2) is 24.3 Å². The fourth-order valence-corrected chi connectivity index (χ4v) is 3.56. The van der Waals surface area contributed by atoms with E-state index in [1.165, 1.54) is 24.9 Å². The van der Waals surface area contributed by atoms with Crippen LogP contribution in [-0.4, -0.2) is 30.3 Å². The van der Waals surface area contributed by atoms with Crippen molar-refractivity contribution in [1.29, 1.82) is 0 Å². The van der Waals surface area contributed by atoms with Gasteiger partial charge in [-0.3, -0.25) is 9.59 Å². The maximum absolute atomic E-state index is 12.0. The molecule has 2 aliphatic rings. The summed E-state index contributed by atoms with van der Waals surface area (Å²) in [4.78, 5) is 27.4. The molecule has 0 N–H and O–H groups in total. The van der Waals surface area contributed by atoms with Gasteiger partial charge in [0.2, 0.25) is 11.1 Å². The van der Waals surface area contributed by atoms with Crippen molar-refractivity contribution in [3.8, 4) is 0 Å². The number of nitrogens with zero attached hydrogens (tertiary/aromatic N) is 2. The van der Waals surface area contributed by atoms with Gasteiger partial charge in [-0.15, -0.1) is 0 Å². The first kappa shape index (κ1) is 15.3. The molecule has 1 amide bonds. The average molecular weight is 321 g/mol. The number of carbonyl (C=O) groups excluding carboxylic acids is 2. The number of rotatable bonds is 3. The summed E-state index contributed by atoms with van der Waals surface area (Å²) < 4.78 is 0. The van der Waals surface area contributed by atoms with Gasteiger partial charge >= 0.3 is 0 Å². The Morgan fingerprint density at radius 1 is 1.18 bits per heavy atom. The Morgan fingerprint density at radius 2 is 1.86 bits per heavy atom. The van der Waals surface area contributed by atoms with E-state index >= 15 is 0 Å². The molecule has 2 saturated heterocycles. The third-order valence-electron chi connectivity index (χ3n) is 4.74. The van der Waals surface area contributed by atoms with Gasteiger partial charge in [-0.2, -0.15) is 0 Å². The van der Waals surface area contributed by atoms with Crippen LogP contribution >= 0.6 is 11.6 Å². The van der Waals surface area contributed by atoms with Crippen molar-refractivity contribution in [2.75, 3.05) is 22.9 Å². The van der Waals surface area contributed by atoms with Gasteiger partial charge in [-0.1, -0.05) is 0 Å². The molecule has 0 radical (unpaired) electrons. The molecule has 3 rings (SSSR count). The average Bonchev–Trinajstić information content (AvgIpc) is 2.90. The number of benzene rings is 1. The molecule has 0 spiro atoms. The number of amides is 1. The molecule has 2 aliphatic heterocycles. The summed E-state index contributed by atoms with van der Waals surface area (Å²) in [5.41, 5.74) is 2.05. The van der Waals surface area contributed by atoms with E-state index in [2.05, 4.69) is 24.0 Å². The van der Waals surface area contributed by atoms with Crippen LogP contribution in [0.1, 0.15) is 32.6 Å². The minimum atomic E-state index is -0.422. The van der Waals surface area contributed by atoms with Gasteiger partial charge in [-0.25, -0.2) is 0 Å². The molecule has 118 valence electrons. The largest absolute Gasteiger partial charge is 0.369 e. The smallest absolute Gasteiger partial charge is 0.227 e. The van der Waals surface area contributed by atoms with Gasteiger partial charge in [0.1, 0.15) is 0 Å². The fraction of sp³-hybridized carbons (Fsp3) is 0.529. The van der Waals surface area contributed by atoms with Gasteiger partial charge < -0.3 is 9.80 Å². The van der Waals surface area contributed by atoms with Gasteiger partial charge in [-0.05, 0) is 62.1 Å². The quantitative estimate of drug-likeness (QED) is 0.803. The van der Waals surface area contributed by atoms with Crippen LogP contribution in [0.5, 0.6) is 0 Å². The van der Waals surface area contributed by atoms with E-state index in [9.17, 15) is 9.59 Å². The standard InChI is InChI=1S/C17H21ClN2O2/c1-12-4-2-3-9-19(12)14-5-7-15(8-6-14)20-11-13(17(18)22)10-16(20)21/h5-8,12-13H,2-4,9-11H2,1H3. The Balaban J connectivity index is 1.74. The monoisotopic (exact) mass is 320 g/mol. The number of halogens is 1. The van der Waals surface area contributed by atoms with Gasteiger partial charge in [0.15, 0.2) is 0 Å². The fourth-order valence-electron chi connectivity index (χ4n) is 3.41. The first-order chi connectivity index (χ1) is 10.6. The molecule has 0 saturated carbocycles. The van der Waals surface area contributed by atoms with Crippen LogP contribution in [0.4, 0.5) is 11.4 Å². The number of hydrogen-bond donors (Lipinski definition) is 0. The van der Waals surface area contributed by atoms with Crippen LogP contribution in [0.2, 0.25) is 0 Å². The predicted molar refractivity (Wildman–Crippen MR) is 88.4 cm³/mol. The zero-order valence-corrected chi connectivity index (χ0v) is 13.6. The Kier molecular flexibility index (Phi) is 4.39. The minimum absolute atomic E-state index is 0.0295. The van der Waals surface area contributed by atoms with Crippen LogP contribution in [0.25, 0.3) is 0 Å². The zero-order chi connectivity index (χ0) is 15.7. The maximum atomic E-state index is 12.0. The summed E-state index contributed by atoms with van der Waals surface area (Å²) >= 11 is 5.52. The number of anilines is 2. The Morgan fingerprint density at radius 3 is 2.45 bits per heavy atom. The lowest BCUT2D eigenvalue weighted by atomic mass is 10.0. The highest BCUT2D eigenvalue weighted by Gasteiger charge is 2.34.